The molecule has 4 nitrogen and oxygen atoms in total. The summed E-state index contributed by atoms with van der Waals surface area (Å²) < 4.78 is 6.15. The van der Waals surface area contributed by atoms with E-state index in [2.05, 4.69) is 65.6 Å². The molecule has 0 spiro atoms. The SMILES string of the molecule is N#CC1=C(N)OC2=C(CN(Cc3ccccc3)C/C2=C\c2ccccc2)[C@@H]1c1ccccc1. The molecule has 2 heterocycles. The van der Waals surface area contributed by atoms with Gasteiger partial charge < -0.3 is 10.5 Å². The monoisotopic (exact) mass is 431 g/mol. The van der Waals surface area contributed by atoms with Crippen molar-refractivity contribution >= 4 is 6.08 Å². The lowest BCUT2D eigenvalue weighted by Crippen LogP contribution is -2.37. The van der Waals surface area contributed by atoms with Crippen LogP contribution in [0.2, 0.25) is 0 Å². The van der Waals surface area contributed by atoms with E-state index in [-0.39, 0.29) is 11.8 Å². The third-order valence-corrected chi connectivity index (χ3v) is 6.13. The van der Waals surface area contributed by atoms with E-state index >= 15 is 0 Å². The molecule has 3 aromatic rings. The van der Waals surface area contributed by atoms with Crippen LogP contribution in [0.1, 0.15) is 22.6 Å². The second-order valence-electron chi connectivity index (χ2n) is 8.40. The Bertz CT molecular complexity index is 1270. The molecular formula is C29H25N3O. The van der Waals surface area contributed by atoms with Gasteiger partial charge in [-0.25, -0.2) is 0 Å². The molecule has 33 heavy (non-hydrogen) atoms. The molecule has 5 rings (SSSR count). The van der Waals surface area contributed by atoms with E-state index in [9.17, 15) is 5.26 Å². The highest BCUT2D eigenvalue weighted by Crippen LogP contribution is 2.43. The van der Waals surface area contributed by atoms with Crippen molar-refractivity contribution in [1.29, 1.82) is 5.26 Å². The first-order valence-corrected chi connectivity index (χ1v) is 11.1. The lowest BCUT2D eigenvalue weighted by Gasteiger charge is -2.38. The summed E-state index contributed by atoms with van der Waals surface area (Å²) in [6.45, 7) is 2.25. The minimum Gasteiger partial charge on any atom is -0.440 e. The fourth-order valence-corrected chi connectivity index (χ4v) is 4.67. The predicted octanol–water partition coefficient (Wildman–Crippen LogP) is 5.35. The minimum atomic E-state index is -0.224. The van der Waals surface area contributed by atoms with E-state index in [1.807, 2.05) is 42.5 Å². The minimum absolute atomic E-state index is 0.195. The van der Waals surface area contributed by atoms with Gasteiger partial charge in [-0.2, -0.15) is 5.26 Å². The zero-order chi connectivity index (χ0) is 22.6. The summed E-state index contributed by atoms with van der Waals surface area (Å²) in [5, 5.41) is 9.97. The Morgan fingerprint density at radius 1 is 0.909 bits per heavy atom. The molecule has 1 atom stereocenters. The van der Waals surface area contributed by atoms with Gasteiger partial charge in [-0.15, -0.1) is 0 Å². The van der Waals surface area contributed by atoms with Crippen LogP contribution in [-0.2, 0) is 11.3 Å². The standard InChI is InChI=1S/C29H25N3O/c30-17-25-27(23-14-8-3-9-15-23)26-20-32(18-22-12-6-2-7-13-22)19-24(28(26)33-29(25)31)16-21-10-4-1-5-11-21/h1-16,27H,18-20,31H2/b24-16+/t27-/m1/s1. The molecule has 0 fully saturated rings. The van der Waals surface area contributed by atoms with Crippen LogP contribution in [0.4, 0.5) is 0 Å². The van der Waals surface area contributed by atoms with E-state index in [1.54, 1.807) is 0 Å². The Morgan fingerprint density at radius 2 is 1.55 bits per heavy atom. The average molecular weight is 432 g/mol. The fraction of sp³-hybridized carbons (Fsp3) is 0.138. The molecule has 2 aliphatic rings. The highest BCUT2D eigenvalue weighted by Gasteiger charge is 2.37. The van der Waals surface area contributed by atoms with Gasteiger partial charge in [0.1, 0.15) is 17.4 Å². The molecule has 0 aliphatic carbocycles. The van der Waals surface area contributed by atoms with Crippen LogP contribution >= 0.6 is 0 Å². The number of allylic oxidation sites excluding steroid dienone is 1. The van der Waals surface area contributed by atoms with Crippen molar-refractivity contribution in [3.63, 3.8) is 0 Å². The lowest BCUT2D eigenvalue weighted by atomic mass is 9.80. The van der Waals surface area contributed by atoms with Crippen LogP contribution in [-0.4, -0.2) is 18.0 Å². The Morgan fingerprint density at radius 3 is 2.21 bits per heavy atom. The molecule has 3 aromatic carbocycles. The smallest absolute Gasteiger partial charge is 0.205 e. The molecule has 162 valence electrons. The number of hydrogen-bond donors (Lipinski definition) is 1. The number of nitriles is 1. The van der Waals surface area contributed by atoms with Gasteiger partial charge in [0, 0.05) is 25.2 Å². The predicted molar refractivity (Wildman–Crippen MR) is 130 cm³/mol. The van der Waals surface area contributed by atoms with Crippen molar-refractivity contribution in [1.82, 2.24) is 4.90 Å². The molecule has 0 radical (unpaired) electrons. The van der Waals surface area contributed by atoms with Crippen LogP contribution in [0.25, 0.3) is 6.08 Å². The first kappa shape index (κ1) is 20.8. The molecule has 0 amide bonds. The summed E-state index contributed by atoms with van der Waals surface area (Å²) in [4.78, 5) is 2.40. The highest BCUT2D eigenvalue weighted by molar-refractivity contribution is 5.63. The van der Waals surface area contributed by atoms with E-state index in [0.717, 1.165) is 41.1 Å². The van der Waals surface area contributed by atoms with Gasteiger partial charge in [0.2, 0.25) is 5.88 Å². The van der Waals surface area contributed by atoms with Crippen molar-refractivity contribution in [2.45, 2.75) is 12.5 Å². The fourth-order valence-electron chi connectivity index (χ4n) is 4.67. The largest absolute Gasteiger partial charge is 0.440 e. The van der Waals surface area contributed by atoms with Crippen molar-refractivity contribution in [2.24, 2.45) is 5.73 Å². The van der Waals surface area contributed by atoms with Crippen molar-refractivity contribution in [2.75, 3.05) is 13.1 Å². The maximum Gasteiger partial charge on any atom is 0.205 e. The molecule has 0 saturated carbocycles. The van der Waals surface area contributed by atoms with Crippen molar-refractivity contribution in [3.8, 4) is 6.07 Å². The molecule has 2 aliphatic heterocycles. The van der Waals surface area contributed by atoms with E-state index in [4.69, 9.17) is 10.5 Å². The van der Waals surface area contributed by atoms with Crippen LogP contribution in [0.15, 0.2) is 119 Å². The molecule has 0 saturated heterocycles. The summed E-state index contributed by atoms with van der Waals surface area (Å²) >= 11 is 0. The number of nitrogens with two attached hydrogens (primary N) is 1. The van der Waals surface area contributed by atoms with Gasteiger partial charge in [-0.3, -0.25) is 4.90 Å². The summed E-state index contributed by atoms with van der Waals surface area (Å²) in [6, 6.07) is 33.1. The third kappa shape index (κ3) is 4.32. The quantitative estimate of drug-likeness (QED) is 0.605. The van der Waals surface area contributed by atoms with Gasteiger partial charge in [0.25, 0.3) is 0 Å². The van der Waals surface area contributed by atoms with E-state index in [1.165, 1.54) is 5.56 Å². The van der Waals surface area contributed by atoms with Gasteiger partial charge in [0.15, 0.2) is 0 Å². The van der Waals surface area contributed by atoms with Gasteiger partial charge in [0.05, 0.1) is 5.92 Å². The van der Waals surface area contributed by atoms with E-state index < -0.39 is 0 Å². The number of ether oxygens (including phenoxy) is 1. The maximum atomic E-state index is 9.97. The molecule has 2 N–H and O–H groups in total. The Hall–Kier alpha value is -4.07. The lowest BCUT2D eigenvalue weighted by molar-refractivity contribution is 0.230. The topological polar surface area (TPSA) is 62.3 Å². The van der Waals surface area contributed by atoms with Crippen LogP contribution in [0.5, 0.6) is 0 Å². The first-order valence-electron chi connectivity index (χ1n) is 11.1. The molecule has 0 unspecified atom stereocenters. The second kappa shape index (κ2) is 9.20. The van der Waals surface area contributed by atoms with Gasteiger partial charge >= 0.3 is 0 Å². The van der Waals surface area contributed by atoms with Crippen LogP contribution < -0.4 is 5.73 Å². The van der Waals surface area contributed by atoms with Gasteiger partial charge in [-0.1, -0.05) is 91.0 Å². The molecule has 0 aromatic heterocycles. The number of hydrogen-bond acceptors (Lipinski definition) is 4. The van der Waals surface area contributed by atoms with E-state index in [0.29, 0.717) is 12.1 Å². The third-order valence-electron chi connectivity index (χ3n) is 6.13. The number of benzene rings is 3. The second-order valence-corrected chi connectivity index (χ2v) is 8.40. The number of nitrogens with zero attached hydrogens (tertiary/aromatic N) is 2. The maximum absolute atomic E-state index is 9.97. The van der Waals surface area contributed by atoms with Crippen LogP contribution in [0.3, 0.4) is 0 Å². The van der Waals surface area contributed by atoms with Crippen molar-refractivity contribution in [3.05, 3.63) is 136 Å². The Labute approximate surface area is 194 Å². The van der Waals surface area contributed by atoms with Crippen LogP contribution in [0, 0.1) is 11.3 Å². The van der Waals surface area contributed by atoms with Crippen molar-refractivity contribution < 1.29 is 4.74 Å². The Balaban J connectivity index is 1.62. The normalized spacial score (nSPS) is 19.7. The summed E-state index contributed by atoms with van der Waals surface area (Å²) in [5.41, 5.74) is 12.3. The first-order chi connectivity index (χ1) is 16.2. The molecule has 0 bridgehead atoms. The average Bonchev–Trinajstić information content (AvgIpc) is 2.85. The molecule has 4 heteroatoms. The zero-order valence-corrected chi connectivity index (χ0v) is 18.3. The summed E-state index contributed by atoms with van der Waals surface area (Å²) in [5.74, 6) is 0.770. The van der Waals surface area contributed by atoms with Gasteiger partial charge in [-0.05, 0) is 28.3 Å². The molecular weight excluding hydrogens is 406 g/mol. The zero-order valence-electron chi connectivity index (χ0n) is 18.3. The highest BCUT2D eigenvalue weighted by atomic mass is 16.5. The summed E-state index contributed by atoms with van der Waals surface area (Å²) in [6.07, 6.45) is 2.17. The Kier molecular flexibility index (Phi) is 5.80. The summed E-state index contributed by atoms with van der Waals surface area (Å²) in [7, 11) is 0. The number of rotatable bonds is 4.